The Balaban J connectivity index is 2.14. The highest BCUT2D eigenvalue weighted by atomic mass is 35.5. The first-order valence-corrected chi connectivity index (χ1v) is 6.29. The number of nitrogens with two attached hydrogens (primary N) is 1. The molecule has 0 atom stereocenters. The van der Waals surface area contributed by atoms with Crippen LogP contribution in [0.25, 0.3) is 0 Å². The van der Waals surface area contributed by atoms with Crippen LogP contribution < -0.4 is 11.1 Å². The third-order valence-corrected chi connectivity index (χ3v) is 3.40. The highest BCUT2D eigenvalue weighted by Crippen LogP contribution is 2.28. The predicted molar refractivity (Wildman–Crippen MR) is 79.1 cm³/mol. The standard InChI is InChI=1S/C15H17ClN2/c1-10-6-7-12(8-11(10)2)9-18-15-13(16)4-3-5-14(15)17/h3-8,18H,9,17H2,1-2H3. The molecule has 94 valence electrons. The average molecular weight is 261 g/mol. The smallest absolute Gasteiger partial charge is 0.0765 e. The van der Waals surface area contributed by atoms with E-state index in [1.165, 1.54) is 16.7 Å². The van der Waals surface area contributed by atoms with Gasteiger partial charge in [-0.05, 0) is 42.7 Å². The Hall–Kier alpha value is -1.67. The fraction of sp³-hybridized carbons (Fsp3) is 0.200. The second kappa shape index (κ2) is 5.32. The molecule has 0 saturated carbocycles. The molecule has 0 heterocycles. The Morgan fingerprint density at radius 3 is 2.56 bits per heavy atom. The lowest BCUT2D eigenvalue weighted by molar-refractivity contribution is 1.13. The van der Waals surface area contributed by atoms with Gasteiger partial charge in [-0.3, -0.25) is 0 Å². The van der Waals surface area contributed by atoms with Gasteiger partial charge >= 0.3 is 0 Å². The van der Waals surface area contributed by atoms with Gasteiger partial charge in [0.05, 0.1) is 16.4 Å². The minimum Gasteiger partial charge on any atom is -0.397 e. The first kappa shape index (κ1) is 12.8. The molecule has 0 fully saturated rings. The summed E-state index contributed by atoms with van der Waals surface area (Å²) in [7, 11) is 0. The molecule has 0 spiro atoms. The van der Waals surface area contributed by atoms with Gasteiger partial charge in [-0.2, -0.15) is 0 Å². The molecule has 3 N–H and O–H groups in total. The Labute approximate surface area is 113 Å². The van der Waals surface area contributed by atoms with Crippen LogP contribution in [-0.4, -0.2) is 0 Å². The zero-order chi connectivity index (χ0) is 13.1. The molecule has 0 aliphatic carbocycles. The summed E-state index contributed by atoms with van der Waals surface area (Å²) >= 11 is 6.11. The maximum absolute atomic E-state index is 6.11. The van der Waals surface area contributed by atoms with Crippen LogP contribution in [0.5, 0.6) is 0 Å². The number of halogens is 1. The van der Waals surface area contributed by atoms with Crippen molar-refractivity contribution in [3.63, 3.8) is 0 Å². The Kier molecular flexibility index (Phi) is 3.78. The van der Waals surface area contributed by atoms with E-state index in [9.17, 15) is 0 Å². The molecule has 2 nitrogen and oxygen atoms in total. The van der Waals surface area contributed by atoms with Crippen LogP contribution in [-0.2, 0) is 6.54 Å². The lowest BCUT2D eigenvalue weighted by atomic mass is 10.1. The molecule has 0 unspecified atom stereocenters. The van der Waals surface area contributed by atoms with Crippen molar-refractivity contribution in [3.05, 3.63) is 58.1 Å². The second-order valence-corrected chi connectivity index (χ2v) is 4.88. The van der Waals surface area contributed by atoms with Crippen molar-refractivity contribution >= 4 is 23.0 Å². The fourth-order valence-corrected chi connectivity index (χ4v) is 2.08. The van der Waals surface area contributed by atoms with Crippen molar-refractivity contribution < 1.29 is 0 Å². The maximum Gasteiger partial charge on any atom is 0.0765 e. The third kappa shape index (κ3) is 2.77. The van der Waals surface area contributed by atoms with E-state index in [-0.39, 0.29) is 0 Å². The van der Waals surface area contributed by atoms with E-state index >= 15 is 0 Å². The van der Waals surface area contributed by atoms with Crippen LogP contribution in [0.1, 0.15) is 16.7 Å². The fourth-order valence-electron chi connectivity index (χ4n) is 1.83. The highest BCUT2D eigenvalue weighted by molar-refractivity contribution is 6.33. The molecule has 2 aromatic rings. The molecular formula is C15H17ClN2. The molecule has 0 bridgehead atoms. The van der Waals surface area contributed by atoms with Crippen LogP contribution in [0, 0.1) is 13.8 Å². The van der Waals surface area contributed by atoms with E-state index in [1.807, 2.05) is 18.2 Å². The van der Waals surface area contributed by atoms with E-state index in [2.05, 4.69) is 37.4 Å². The van der Waals surface area contributed by atoms with Gasteiger partial charge in [-0.15, -0.1) is 0 Å². The van der Waals surface area contributed by atoms with Crippen LogP contribution in [0.3, 0.4) is 0 Å². The summed E-state index contributed by atoms with van der Waals surface area (Å²) in [6.07, 6.45) is 0. The second-order valence-electron chi connectivity index (χ2n) is 4.48. The zero-order valence-corrected chi connectivity index (χ0v) is 11.4. The summed E-state index contributed by atoms with van der Waals surface area (Å²) < 4.78 is 0. The maximum atomic E-state index is 6.11. The predicted octanol–water partition coefficient (Wildman–Crippen LogP) is 4.15. The Morgan fingerprint density at radius 2 is 1.89 bits per heavy atom. The first-order chi connectivity index (χ1) is 8.58. The van der Waals surface area contributed by atoms with Gasteiger partial charge < -0.3 is 11.1 Å². The molecule has 0 radical (unpaired) electrons. The van der Waals surface area contributed by atoms with Gasteiger partial charge in [0.1, 0.15) is 0 Å². The number of nitrogens with one attached hydrogen (secondary N) is 1. The van der Waals surface area contributed by atoms with Crippen molar-refractivity contribution in [3.8, 4) is 0 Å². The normalized spacial score (nSPS) is 10.4. The van der Waals surface area contributed by atoms with E-state index in [0.717, 1.165) is 12.2 Å². The summed E-state index contributed by atoms with van der Waals surface area (Å²) in [4.78, 5) is 0. The van der Waals surface area contributed by atoms with E-state index in [1.54, 1.807) is 0 Å². The topological polar surface area (TPSA) is 38.0 Å². The minimum atomic E-state index is 0.652. The number of hydrogen-bond acceptors (Lipinski definition) is 2. The van der Waals surface area contributed by atoms with Gasteiger partial charge in [0.15, 0.2) is 0 Å². The Morgan fingerprint density at radius 1 is 1.11 bits per heavy atom. The van der Waals surface area contributed by atoms with Crippen LogP contribution in [0.2, 0.25) is 5.02 Å². The van der Waals surface area contributed by atoms with Crippen molar-refractivity contribution in [2.24, 2.45) is 0 Å². The lowest BCUT2D eigenvalue weighted by Gasteiger charge is -2.12. The lowest BCUT2D eigenvalue weighted by Crippen LogP contribution is -2.03. The molecule has 0 aromatic heterocycles. The molecular weight excluding hydrogens is 244 g/mol. The number of rotatable bonds is 3. The molecule has 2 rings (SSSR count). The number of hydrogen-bond donors (Lipinski definition) is 2. The third-order valence-electron chi connectivity index (χ3n) is 3.09. The van der Waals surface area contributed by atoms with Crippen LogP contribution in [0.15, 0.2) is 36.4 Å². The molecule has 0 aliphatic heterocycles. The van der Waals surface area contributed by atoms with Gasteiger partial charge in [0.25, 0.3) is 0 Å². The van der Waals surface area contributed by atoms with Crippen molar-refractivity contribution in [1.82, 2.24) is 0 Å². The SMILES string of the molecule is Cc1ccc(CNc2c(N)cccc2Cl)cc1C. The highest BCUT2D eigenvalue weighted by Gasteiger charge is 2.04. The van der Waals surface area contributed by atoms with E-state index in [4.69, 9.17) is 17.3 Å². The van der Waals surface area contributed by atoms with Crippen molar-refractivity contribution in [2.75, 3.05) is 11.1 Å². The van der Waals surface area contributed by atoms with E-state index in [0.29, 0.717) is 10.7 Å². The number of aryl methyl sites for hydroxylation is 2. The molecule has 2 aromatic carbocycles. The zero-order valence-electron chi connectivity index (χ0n) is 10.6. The quantitative estimate of drug-likeness (QED) is 0.814. The molecule has 0 aliphatic rings. The van der Waals surface area contributed by atoms with Gasteiger partial charge in [-0.1, -0.05) is 35.9 Å². The summed E-state index contributed by atoms with van der Waals surface area (Å²) in [6, 6.07) is 11.9. The van der Waals surface area contributed by atoms with Crippen LogP contribution in [0.4, 0.5) is 11.4 Å². The molecule has 0 amide bonds. The summed E-state index contributed by atoms with van der Waals surface area (Å²) in [5.74, 6) is 0. The summed E-state index contributed by atoms with van der Waals surface area (Å²) in [5.41, 5.74) is 11.2. The largest absolute Gasteiger partial charge is 0.397 e. The molecule has 0 saturated heterocycles. The number of para-hydroxylation sites is 1. The average Bonchev–Trinajstić information content (AvgIpc) is 2.33. The minimum absolute atomic E-state index is 0.652. The Bertz CT molecular complexity index is 544. The summed E-state index contributed by atoms with van der Waals surface area (Å²) in [5, 5.41) is 3.94. The first-order valence-electron chi connectivity index (χ1n) is 5.92. The monoisotopic (exact) mass is 260 g/mol. The van der Waals surface area contributed by atoms with E-state index < -0.39 is 0 Å². The summed E-state index contributed by atoms with van der Waals surface area (Å²) in [6.45, 7) is 4.94. The van der Waals surface area contributed by atoms with Gasteiger partial charge in [0.2, 0.25) is 0 Å². The number of nitrogen functional groups attached to an aromatic ring is 1. The molecule has 3 heteroatoms. The number of anilines is 2. The van der Waals surface area contributed by atoms with Crippen molar-refractivity contribution in [2.45, 2.75) is 20.4 Å². The number of benzene rings is 2. The van der Waals surface area contributed by atoms with Gasteiger partial charge in [-0.25, -0.2) is 0 Å². The molecule has 18 heavy (non-hydrogen) atoms. The van der Waals surface area contributed by atoms with Crippen LogP contribution >= 0.6 is 11.6 Å². The van der Waals surface area contributed by atoms with Crippen molar-refractivity contribution in [1.29, 1.82) is 0 Å². The van der Waals surface area contributed by atoms with Gasteiger partial charge in [0, 0.05) is 6.54 Å².